The second-order valence-electron chi connectivity index (χ2n) is 7.72. The van der Waals surface area contributed by atoms with Gasteiger partial charge in [-0.15, -0.1) is 0 Å². The summed E-state index contributed by atoms with van der Waals surface area (Å²) in [6, 6.07) is 0. The van der Waals surface area contributed by atoms with Gasteiger partial charge in [0.05, 0.1) is 5.41 Å². The van der Waals surface area contributed by atoms with Gasteiger partial charge in [0, 0.05) is 13.1 Å². The molecule has 2 aliphatic carbocycles. The van der Waals surface area contributed by atoms with Gasteiger partial charge in [0.15, 0.2) is 0 Å². The van der Waals surface area contributed by atoms with Crippen molar-refractivity contribution in [2.24, 2.45) is 22.5 Å². The molecule has 3 nitrogen and oxygen atoms in total. The minimum Gasteiger partial charge on any atom is -0.355 e. The van der Waals surface area contributed by atoms with Crippen molar-refractivity contribution in [3.05, 3.63) is 0 Å². The van der Waals surface area contributed by atoms with Gasteiger partial charge in [-0.1, -0.05) is 33.1 Å². The number of carbonyl (C=O) groups is 1. The molecule has 0 aromatic heterocycles. The van der Waals surface area contributed by atoms with E-state index in [1.54, 1.807) is 0 Å². The standard InChI is InChI=1S/C17H32N2O/c1-14-6-10-17(12-18,11-7-14)15(20)19-13-16(2)8-4-3-5-9-16/h14H,3-13,18H2,1-2H3,(H,19,20). The number of hydrogen-bond acceptors (Lipinski definition) is 2. The smallest absolute Gasteiger partial charge is 0.227 e. The maximum absolute atomic E-state index is 12.7. The van der Waals surface area contributed by atoms with E-state index in [1.807, 2.05) is 0 Å². The molecular weight excluding hydrogens is 248 g/mol. The number of nitrogens with two attached hydrogens (primary N) is 1. The van der Waals surface area contributed by atoms with Crippen LogP contribution in [-0.2, 0) is 4.79 Å². The van der Waals surface area contributed by atoms with Crippen LogP contribution in [0.5, 0.6) is 0 Å². The summed E-state index contributed by atoms with van der Waals surface area (Å²) in [6.07, 6.45) is 10.7. The highest BCUT2D eigenvalue weighted by atomic mass is 16.2. The molecule has 1 amide bonds. The summed E-state index contributed by atoms with van der Waals surface area (Å²) in [5.74, 6) is 0.969. The molecule has 0 saturated heterocycles. The summed E-state index contributed by atoms with van der Waals surface area (Å²) < 4.78 is 0. The fourth-order valence-corrected chi connectivity index (χ4v) is 3.90. The lowest BCUT2D eigenvalue weighted by Crippen LogP contribution is -2.50. The maximum Gasteiger partial charge on any atom is 0.227 e. The van der Waals surface area contributed by atoms with Crippen molar-refractivity contribution >= 4 is 5.91 Å². The minimum absolute atomic E-state index is 0.221. The maximum atomic E-state index is 12.7. The van der Waals surface area contributed by atoms with Crippen LogP contribution in [0.25, 0.3) is 0 Å². The van der Waals surface area contributed by atoms with Crippen molar-refractivity contribution in [2.45, 2.75) is 71.6 Å². The molecule has 0 unspecified atom stereocenters. The third kappa shape index (κ3) is 3.55. The lowest BCUT2D eigenvalue weighted by Gasteiger charge is -2.39. The van der Waals surface area contributed by atoms with Crippen LogP contribution in [-0.4, -0.2) is 19.0 Å². The molecule has 0 spiro atoms. The van der Waals surface area contributed by atoms with E-state index in [0.717, 1.165) is 38.1 Å². The molecule has 0 heterocycles. The molecule has 0 aromatic rings. The van der Waals surface area contributed by atoms with E-state index in [9.17, 15) is 4.79 Å². The van der Waals surface area contributed by atoms with Gasteiger partial charge < -0.3 is 11.1 Å². The van der Waals surface area contributed by atoms with Crippen LogP contribution in [0.1, 0.15) is 71.6 Å². The highest BCUT2D eigenvalue weighted by molar-refractivity contribution is 5.83. The average Bonchev–Trinajstić information content (AvgIpc) is 2.47. The Morgan fingerprint density at radius 2 is 1.75 bits per heavy atom. The molecule has 2 fully saturated rings. The number of nitrogens with one attached hydrogen (secondary N) is 1. The summed E-state index contributed by atoms with van der Waals surface area (Å²) in [5, 5.41) is 3.25. The first-order valence-corrected chi connectivity index (χ1v) is 8.48. The Morgan fingerprint density at radius 1 is 1.15 bits per heavy atom. The van der Waals surface area contributed by atoms with Crippen molar-refractivity contribution in [1.29, 1.82) is 0 Å². The highest BCUT2D eigenvalue weighted by Crippen LogP contribution is 2.39. The molecule has 3 heteroatoms. The van der Waals surface area contributed by atoms with Crippen LogP contribution >= 0.6 is 0 Å². The van der Waals surface area contributed by atoms with E-state index in [-0.39, 0.29) is 11.3 Å². The Bertz CT molecular complexity index is 326. The van der Waals surface area contributed by atoms with Crippen molar-refractivity contribution < 1.29 is 4.79 Å². The molecule has 2 saturated carbocycles. The SMILES string of the molecule is CC1CCC(CN)(C(=O)NCC2(C)CCCCC2)CC1. The van der Waals surface area contributed by atoms with Gasteiger partial charge in [-0.05, 0) is 49.9 Å². The van der Waals surface area contributed by atoms with Crippen molar-refractivity contribution in [3.63, 3.8) is 0 Å². The van der Waals surface area contributed by atoms with Gasteiger partial charge in [0.25, 0.3) is 0 Å². The quantitative estimate of drug-likeness (QED) is 0.830. The molecule has 20 heavy (non-hydrogen) atoms. The van der Waals surface area contributed by atoms with Crippen LogP contribution in [0.4, 0.5) is 0 Å². The van der Waals surface area contributed by atoms with E-state index in [0.29, 0.717) is 12.0 Å². The van der Waals surface area contributed by atoms with E-state index in [2.05, 4.69) is 19.2 Å². The van der Waals surface area contributed by atoms with Gasteiger partial charge in [0.2, 0.25) is 5.91 Å². The van der Waals surface area contributed by atoms with Gasteiger partial charge in [-0.3, -0.25) is 4.79 Å². The van der Waals surface area contributed by atoms with Crippen molar-refractivity contribution in [1.82, 2.24) is 5.32 Å². The first kappa shape index (κ1) is 15.8. The van der Waals surface area contributed by atoms with Gasteiger partial charge >= 0.3 is 0 Å². The first-order chi connectivity index (χ1) is 9.50. The molecule has 0 aliphatic heterocycles. The summed E-state index contributed by atoms with van der Waals surface area (Å²) in [6.45, 7) is 5.94. The van der Waals surface area contributed by atoms with Gasteiger partial charge in [0.1, 0.15) is 0 Å². The lowest BCUT2D eigenvalue weighted by molar-refractivity contribution is -0.133. The van der Waals surface area contributed by atoms with Crippen molar-refractivity contribution in [2.75, 3.05) is 13.1 Å². The van der Waals surface area contributed by atoms with Crippen LogP contribution in [0.3, 0.4) is 0 Å². The molecule has 2 aliphatic rings. The zero-order chi connectivity index (χ0) is 14.6. The second-order valence-corrected chi connectivity index (χ2v) is 7.72. The molecule has 3 N–H and O–H groups in total. The average molecular weight is 280 g/mol. The zero-order valence-corrected chi connectivity index (χ0v) is 13.3. The van der Waals surface area contributed by atoms with Crippen LogP contribution in [0, 0.1) is 16.7 Å². The predicted octanol–water partition coefficient (Wildman–Crippen LogP) is 3.23. The van der Waals surface area contributed by atoms with E-state index in [1.165, 1.54) is 32.1 Å². The number of hydrogen-bond donors (Lipinski definition) is 2. The Hall–Kier alpha value is -0.570. The second kappa shape index (κ2) is 6.46. The Kier molecular flexibility index (Phi) is 5.11. The molecule has 0 bridgehead atoms. The van der Waals surface area contributed by atoms with Crippen LogP contribution < -0.4 is 11.1 Å². The van der Waals surface area contributed by atoms with E-state index < -0.39 is 0 Å². The summed E-state index contributed by atoms with van der Waals surface area (Å²) in [5.41, 5.74) is 6.00. The van der Waals surface area contributed by atoms with Gasteiger partial charge in [-0.25, -0.2) is 0 Å². The zero-order valence-electron chi connectivity index (χ0n) is 13.3. The Balaban J connectivity index is 1.89. The first-order valence-electron chi connectivity index (χ1n) is 8.48. The Morgan fingerprint density at radius 3 is 2.30 bits per heavy atom. The minimum atomic E-state index is -0.280. The predicted molar refractivity (Wildman–Crippen MR) is 83.3 cm³/mol. The molecule has 116 valence electrons. The third-order valence-corrected chi connectivity index (χ3v) is 5.84. The molecule has 0 atom stereocenters. The molecular formula is C17H32N2O. The third-order valence-electron chi connectivity index (χ3n) is 5.84. The Labute approximate surface area is 124 Å². The summed E-state index contributed by atoms with van der Waals surface area (Å²) in [7, 11) is 0. The number of rotatable bonds is 4. The lowest BCUT2D eigenvalue weighted by atomic mass is 9.70. The fraction of sp³-hybridized carbons (Fsp3) is 0.941. The summed E-state index contributed by atoms with van der Waals surface area (Å²) >= 11 is 0. The topological polar surface area (TPSA) is 55.1 Å². The molecule has 2 rings (SSSR count). The van der Waals surface area contributed by atoms with E-state index >= 15 is 0 Å². The van der Waals surface area contributed by atoms with Gasteiger partial charge in [-0.2, -0.15) is 0 Å². The molecule has 0 radical (unpaired) electrons. The number of carbonyl (C=O) groups excluding carboxylic acids is 1. The van der Waals surface area contributed by atoms with E-state index in [4.69, 9.17) is 5.73 Å². The fourth-order valence-electron chi connectivity index (χ4n) is 3.90. The van der Waals surface area contributed by atoms with Crippen LogP contribution in [0.2, 0.25) is 0 Å². The van der Waals surface area contributed by atoms with Crippen LogP contribution in [0.15, 0.2) is 0 Å². The van der Waals surface area contributed by atoms with Crippen molar-refractivity contribution in [3.8, 4) is 0 Å². The number of amides is 1. The highest BCUT2D eigenvalue weighted by Gasteiger charge is 2.40. The monoisotopic (exact) mass is 280 g/mol. The normalized spacial score (nSPS) is 33.6. The molecule has 0 aromatic carbocycles. The summed E-state index contributed by atoms with van der Waals surface area (Å²) in [4.78, 5) is 12.7. The largest absolute Gasteiger partial charge is 0.355 e.